The van der Waals surface area contributed by atoms with Crippen molar-refractivity contribution in [3.8, 4) is 6.07 Å². The molecule has 2 aromatic rings. The topological polar surface area (TPSA) is 44.9 Å². The number of rotatable bonds is 3. The van der Waals surface area contributed by atoms with Gasteiger partial charge in [-0.2, -0.15) is 5.26 Å². The highest BCUT2D eigenvalue weighted by Gasteiger charge is 2.13. The number of hydrogen-bond donors (Lipinski definition) is 0. The molecule has 0 unspecified atom stereocenters. The van der Waals surface area contributed by atoms with Crippen molar-refractivity contribution in [1.29, 1.82) is 5.26 Å². The van der Waals surface area contributed by atoms with E-state index in [9.17, 15) is 5.26 Å². The number of nitrogens with zero attached hydrogens (tertiary/aromatic N) is 4. The van der Waals surface area contributed by atoms with Gasteiger partial charge in [-0.15, -0.1) is 0 Å². The zero-order chi connectivity index (χ0) is 13.2. The lowest BCUT2D eigenvalue weighted by molar-refractivity contribution is 0.324. The second-order valence-corrected chi connectivity index (χ2v) is 5.71. The van der Waals surface area contributed by atoms with Crippen LogP contribution in [0.2, 0.25) is 0 Å². The third kappa shape index (κ3) is 2.51. The van der Waals surface area contributed by atoms with Gasteiger partial charge in [0.25, 0.3) is 0 Å². The lowest BCUT2D eigenvalue weighted by Gasteiger charge is -2.15. The van der Waals surface area contributed by atoms with Gasteiger partial charge >= 0.3 is 0 Å². The first kappa shape index (κ1) is 12.6. The van der Waals surface area contributed by atoms with Crippen molar-refractivity contribution < 1.29 is 0 Å². The van der Waals surface area contributed by atoms with E-state index in [1.54, 1.807) is 0 Å². The first-order chi connectivity index (χ1) is 9.28. The maximum Gasteiger partial charge on any atom is 0.142 e. The van der Waals surface area contributed by atoms with E-state index in [1.165, 1.54) is 25.9 Å². The highest BCUT2D eigenvalue weighted by molar-refractivity contribution is 9.10. The molecule has 4 nitrogen and oxygen atoms in total. The molecular formula is C14H15BrN4. The fourth-order valence-corrected chi connectivity index (χ4v) is 2.96. The van der Waals surface area contributed by atoms with Crippen LogP contribution in [0.5, 0.6) is 0 Å². The Hall–Kier alpha value is -1.38. The molecule has 19 heavy (non-hydrogen) atoms. The Morgan fingerprint density at radius 3 is 2.79 bits per heavy atom. The lowest BCUT2D eigenvalue weighted by atomic mass is 10.2. The third-order valence-corrected chi connectivity index (χ3v) is 4.11. The molecule has 1 saturated heterocycles. The fourth-order valence-electron chi connectivity index (χ4n) is 2.66. The van der Waals surface area contributed by atoms with Crippen LogP contribution in [0.25, 0.3) is 11.0 Å². The quantitative estimate of drug-likeness (QED) is 0.817. The predicted octanol–water partition coefficient (Wildman–Crippen LogP) is 2.77. The van der Waals surface area contributed by atoms with Crippen molar-refractivity contribution in [2.75, 3.05) is 19.6 Å². The molecule has 0 aromatic carbocycles. The summed E-state index contributed by atoms with van der Waals surface area (Å²) in [7, 11) is 0. The summed E-state index contributed by atoms with van der Waals surface area (Å²) in [6, 6.07) is 6.09. The van der Waals surface area contributed by atoms with Crippen molar-refractivity contribution in [1.82, 2.24) is 14.5 Å². The minimum absolute atomic E-state index is 0.705. The number of pyridine rings is 1. The Labute approximate surface area is 120 Å². The molecule has 0 radical (unpaired) electrons. The van der Waals surface area contributed by atoms with Gasteiger partial charge in [0.1, 0.15) is 16.3 Å². The molecule has 98 valence electrons. The molecule has 0 spiro atoms. The first-order valence-electron chi connectivity index (χ1n) is 6.56. The zero-order valence-corrected chi connectivity index (χ0v) is 12.2. The van der Waals surface area contributed by atoms with E-state index in [0.717, 1.165) is 28.7 Å². The van der Waals surface area contributed by atoms with Gasteiger partial charge in [-0.05, 0) is 54.0 Å². The minimum Gasteiger partial charge on any atom is -0.330 e. The van der Waals surface area contributed by atoms with E-state index < -0.39 is 0 Å². The van der Waals surface area contributed by atoms with Crippen LogP contribution in [-0.4, -0.2) is 34.1 Å². The molecule has 0 bridgehead atoms. The van der Waals surface area contributed by atoms with Gasteiger partial charge in [0.05, 0.1) is 5.56 Å². The van der Waals surface area contributed by atoms with E-state index in [0.29, 0.717) is 5.56 Å². The van der Waals surface area contributed by atoms with E-state index in [1.807, 2.05) is 18.3 Å². The highest BCUT2D eigenvalue weighted by atomic mass is 79.9. The smallest absolute Gasteiger partial charge is 0.142 e. The number of halogens is 1. The van der Waals surface area contributed by atoms with Crippen molar-refractivity contribution in [2.45, 2.75) is 19.4 Å². The second kappa shape index (κ2) is 5.32. The fraction of sp³-hybridized carbons (Fsp3) is 0.429. The van der Waals surface area contributed by atoms with E-state index >= 15 is 0 Å². The Bertz CT molecular complexity index is 635. The second-order valence-electron chi connectivity index (χ2n) is 4.90. The summed E-state index contributed by atoms with van der Waals surface area (Å²) < 4.78 is 2.90. The van der Waals surface area contributed by atoms with Crippen LogP contribution >= 0.6 is 15.9 Å². The van der Waals surface area contributed by atoms with Crippen LogP contribution in [0.3, 0.4) is 0 Å². The van der Waals surface area contributed by atoms with Crippen molar-refractivity contribution >= 4 is 27.0 Å². The van der Waals surface area contributed by atoms with Crippen LogP contribution in [0, 0.1) is 11.3 Å². The normalized spacial score (nSPS) is 16.0. The zero-order valence-electron chi connectivity index (χ0n) is 10.6. The Morgan fingerprint density at radius 2 is 2.05 bits per heavy atom. The van der Waals surface area contributed by atoms with Crippen molar-refractivity contribution in [3.63, 3.8) is 0 Å². The van der Waals surface area contributed by atoms with Gasteiger partial charge < -0.3 is 9.47 Å². The maximum absolute atomic E-state index is 9.18. The minimum atomic E-state index is 0.705. The summed E-state index contributed by atoms with van der Waals surface area (Å²) >= 11 is 3.40. The van der Waals surface area contributed by atoms with Crippen LogP contribution in [0.4, 0.5) is 0 Å². The predicted molar refractivity (Wildman–Crippen MR) is 77.8 cm³/mol. The summed E-state index contributed by atoms with van der Waals surface area (Å²) in [5.41, 5.74) is 1.60. The molecular weight excluding hydrogens is 304 g/mol. The highest BCUT2D eigenvalue weighted by Crippen LogP contribution is 2.21. The molecule has 1 aliphatic rings. The lowest BCUT2D eigenvalue weighted by Crippen LogP contribution is -2.23. The summed E-state index contributed by atoms with van der Waals surface area (Å²) in [5.74, 6) is 0. The van der Waals surface area contributed by atoms with Gasteiger partial charge in [-0.1, -0.05) is 0 Å². The average Bonchev–Trinajstić information content (AvgIpc) is 3.03. The van der Waals surface area contributed by atoms with E-state index in [4.69, 9.17) is 0 Å². The molecule has 1 fully saturated rings. The van der Waals surface area contributed by atoms with Gasteiger partial charge in [0, 0.05) is 24.7 Å². The summed E-state index contributed by atoms with van der Waals surface area (Å²) in [6.07, 6.45) is 4.53. The van der Waals surface area contributed by atoms with Gasteiger partial charge in [0.15, 0.2) is 0 Å². The number of nitriles is 1. The Balaban J connectivity index is 1.89. The largest absolute Gasteiger partial charge is 0.330 e. The van der Waals surface area contributed by atoms with Crippen molar-refractivity contribution in [2.24, 2.45) is 0 Å². The molecule has 5 heteroatoms. The molecule has 0 atom stereocenters. The molecule has 0 aliphatic carbocycles. The van der Waals surface area contributed by atoms with Crippen LogP contribution in [0.15, 0.2) is 22.9 Å². The van der Waals surface area contributed by atoms with Gasteiger partial charge in [0.2, 0.25) is 0 Å². The third-order valence-electron chi connectivity index (χ3n) is 3.66. The summed E-state index contributed by atoms with van der Waals surface area (Å²) in [6.45, 7) is 4.31. The molecule has 0 amide bonds. The summed E-state index contributed by atoms with van der Waals surface area (Å²) in [5, 5.41) is 10.1. The maximum atomic E-state index is 9.18. The molecule has 0 saturated carbocycles. The molecule has 3 heterocycles. The Kier molecular flexibility index (Phi) is 3.54. The Morgan fingerprint density at radius 1 is 1.26 bits per heavy atom. The molecule has 1 aliphatic heterocycles. The number of fused-ring (bicyclic) bond motifs is 1. The monoisotopic (exact) mass is 318 g/mol. The van der Waals surface area contributed by atoms with Crippen LogP contribution in [-0.2, 0) is 6.54 Å². The number of likely N-dealkylation sites (tertiary alicyclic amines) is 1. The molecule has 0 N–H and O–H groups in total. The standard InChI is InChI=1S/C14H15BrN4/c15-13-4-3-12-11(9-16)10-19(14(12)17-13)8-7-18-5-1-2-6-18/h3-4,10H,1-2,5-8H2. The van der Waals surface area contributed by atoms with E-state index in [-0.39, 0.29) is 0 Å². The first-order valence-corrected chi connectivity index (χ1v) is 7.35. The van der Waals surface area contributed by atoms with Gasteiger partial charge in [-0.3, -0.25) is 0 Å². The molecule has 3 rings (SSSR count). The van der Waals surface area contributed by atoms with Crippen LogP contribution < -0.4 is 0 Å². The van der Waals surface area contributed by atoms with E-state index in [2.05, 4.69) is 36.5 Å². The van der Waals surface area contributed by atoms with Gasteiger partial charge in [-0.25, -0.2) is 4.98 Å². The number of aromatic nitrogens is 2. The summed E-state index contributed by atoms with van der Waals surface area (Å²) in [4.78, 5) is 6.97. The molecule has 2 aromatic heterocycles. The SMILES string of the molecule is N#Cc1cn(CCN2CCCC2)c2nc(Br)ccc12. The average molecular weight is 319 g/mol. The van der Waals surface area contributed by atoms with Crippen molar-refractivity contribution in [3.05, 3.63) is 28.5 Å². The number of hydrogen-bond acceptors (Lipinski definition) is 3. The van der Waals surface area contributed by atoms with Crippen LogP contribution in [0.1, 0.15) is 18.4 Å².